The van der Waals surface area contributed by atoms with Gasteiger partial charge < -0.3 is 9.84 Å². The van der Waals surface area contributed by atoms with Gasteiger partial charge in [0.25, 0.3) is 0 Å². The number of carboxylic acids is 1. The molecule has 0 amide bonds. The lowest BCUT2D eigenvalue weighted by atomic mass is 10.1. The molecule has 5 heteroatoms. The number of aliphatic carboxylic acids is 1. The highest BCUT2D eigenvalue weighted by Gasteiger charge is 2.22. The molecule has 2 rings (SSSR count). The number of benzene rings is 1. The van der Waals surface area contributed by atoms with Crippen molar-refractivity contribution < 1.29 is 19.0 Å². The summed E-state index contributed by atoms with van der Waals surface area (Å²) in [6, 6.07) is 6.34. The maximum Gasteiger partial charge on any atom is 0.317 e. The van der Waals surface area contributed by atoms with E-state index in [0.29, 0.717) is 13.1 Å². The Labute approximate surface area is 105 Å². The van der Waals surface area contributed by atoms with Crippen molar-refractivity contribution in [1.29, 1.82) is 0 Å². The van der Waals surface area contributed by atoms with Crippen molar-refractivity contribution in [2.75, 3.05) is 19.6 Å². The summed E-state index contributed by atoms with van der Waals surface area (Å²) >= 11 is 0. The number of nitrogens with zero attached hydrogens (tertiary/aromatic N) is 1. The van der Waals surface area contributed by atoms with E-state index in [4.69, 9.17) is 9.84 Å². The van der Waals surface area contributed by atoms with E-state index in [1.165, 1.54) is 6.07 Å². The Bertz CT molecular complexity index is 416. The molecule has 0 unspecified atom stereocenters. The smallest absolute Gasteiger partial charge is 0.317 e. The fourth-order valence-corrected chi connectivity index (χ4v) is 2.10. The van der Waals surface area contributed by atoms with Crippen molar-refractivity contribution in [2.24, 2.45) is 0 Å². The van der Waals surface area contributed by atoms with E-state index in [2.05, 4.69) is 0 Å². The molecule has 0 spiro atoms. The molecule has 0 aliphatic carbocycles. The largest absolute Gasteiger partial charge is 0.487 e. The monoisotopic (exact) mass is 253 g/mol. The Balaban J connectivity index is 1.84. The predicted octanol–water partition coefficient (Wildman–Crippen LogP) is 1.75. The minimum Gasteiger partial charge on any atom is -0.487 e. The number of hydrogen-bond acceptors (Lipinski definition) is 3. The molecule has 18 heavy (non-hydrogen) atoms. The number of para-hydroxylation sites is 1. The van der Waals surface area contributed by atoms with Gasteiger partial charge in [-0.2, -0.15) is 0 Å². The van der Waals surface area contributed by atoms with Gasteiger partial charge in [0.15, 0.2) is 11.6 Å². The van der Waals surface area contributed by atoms with Crippen LogP contribution in [0.5, 0.6) is 5.75 Å². The second-order valence-corrected chi connectivity index (χ2v) is 4.42. The number of likely N-dealkylation sites (tertiary alicyclic amines) is 1. The van der Waals surface area contributed by atoms with E-state index < -0.39 is 5.97 Å². The highest BCUT2D eigenvalue weighted by Crippen LogP contribution is 2.21. The Morgan fingerprint density at radius 2 is 2.06 bits per heavy atom. The number of carboxylic acid groups (broad SMARTS) is 1. The van der Waals surface area contributed by atoms with Crippen LogP contribution in [0.4, 0.5) is 4.39 Å². The molecule has 0 atom stereocenters. The fraction of sp³-hybridized carbons (Fsp3) is 0.462. The molecule has 1 aromatic carbocycles. The van der Waals surface area contributed by atoms with Crippen LogP contribution < -0.4 is 4.74 Å². The molecule has 1 aliphatic heterocycles. The van der Waals surface area contributed by atoms with Gasteiger partial charge in [-0.3, -0.25) is 9.69 Å². The standard InChI is InChI=1S/C13H16FNO3/c14-11-3-1-2-4-12(11)18-10-5-7-15(8-6-10)9-13(16)17/h1-4,10H,5-9H2,(H,16,17). The number of hydrogen-bond donors (Lipinski definition) is 1. The van der Waals surface area contributed by atoms with Crippen LogP contribution in [0.1, 0.15) is 12.8 Å². The Morgan fingerprint density at radius 1 is 1.39 bits per heavy atom. The van der Waals surface area contributed by atoms with E-state index in [1.54, 1.807) is 18.2 Å². The lowest BCUT2D eigenvalue weighted by Crippen LogP contribution is -2.40. The molecule has 1 heterocycles. The highest BCUT2D eigenvalue weighted by molar-refractivity contribution is 5.69. The van der Waals surface area contributed by atoms with Crippen LogP contribution in [0, 0.1) is 5.82 Å². The SMILES string of the molecule is O=C(O)CN1CCC(Oc2ccccc2F)CC1. The molecular weight excluding hydrogens is 237 g/mol. The summed E-state index contributed by atoms with van der Waals surface area (Å²) in [5, 5.41) is 8.68. The molecule has 1 N–H and O–H groups in total. The number of carbonyl (C=O) groups is 1. The lowest BCUT2D eigenvalue weighted by molar-refractivity contribution is -0.138. The van der Waals surface area contributed by atoms with Crippen LogP contribution in [-0.4, -0.2) is 41.7 Å². The third-order valence-electron chi connectivity index (χ3n) is 3.02. The summed E-state index contributed by atoms with van der Waals surface area (Å²) in [5.41, 5.74) is 0. The van der Waals surface area contributed by atoms with Crippen molar-refractivity contribution >= 4 is 5.97 Å². The van der Waals surface area contributed by atoms with Gasteiger partial charge in [-0.1, -0.05) is 12.1 Å². The number of rotatable bonds is 4. The molecule has 1 aromatic rings. The van der Waals surface area contributed by atoms with Crippen molar-refractivity contribution in [2.45, 2.75) is 18.9 Å². The Morgan fingerprint density at radius 3 is 2.67 bits per heavy atom. The minimum atomic E-state index is -0.816. The van der Waals surface area contributed by atoms with Gasteiger partial charge in [0.1, 0.15) is 6.10 Å². The first-order valence-electron chi connectivity index (χ1n) is 6.00. The maximum atomic E-state index is 13.4. The predicted molar refractivity (Wildman–Crippen MR) is 64.1 cm³/mol. The summed E-state index contributed by atoms with van der Waals surface area (Å²) < 4.78 is 19.0. The summed E-state index contributed by atoms with van der Waals surface area (Å²) in [6.45, 7) is 1.41. The molecule has 1 fully saturated rings. The van der Waals surface area contributed by atoms with E-state index >= 15 is 0 Å². The second kappa shape index (κ2) is 5.82. The average Bonchev–Trinajstić information content (AvgIpc) is 2.34. The molecule has 1 saturated heterocycles. The van der Waals surface area contributed by atoms with Crippen LogP contribution in [-0.2, 0) is 4.79 Å². The fourth-order valence-electron chi connectivity index (χ4n) is 2.10. The van der Waals surface area contributed by atoms with Gasteiger partial charge in [0, 0.05) is 13.1 Å². The lowest BCUT2D eigenvalue weighted by Gasteiger charge is -2.31. The van der Waals surface area contributed by atoms with Gasteiger partial charge in [-0.15, -0.1) is 0 Å². The first-order valence-corrected chi connectivity index (χ1v) is 6.00. The Hall–Kier alpha value is -1.62. The summed E-state index contributed by atoms with van der Waals surface area (Å²) in [7, 11) is 0. The zero-order chi connectivity index (χ0) is 13.0. The average molecular weight is 253 g/mol. The number of halogens is 1. The quantitative estimate of drug-likeness (QED) is 0.888. The van der Waals surface area contributed by atoms with E-state index in [9.17, 15) is 9.18 Å². The molecule has 0 bridgehead atoms. The molecule has 1 aliphatic rings. The van der Waals surface area contributed by atoms with Crippen molar-refractivity contribution in [3.63, 3.8) is 0 Å². The van der Waals surface area contributed by atoms with E-state index in [0.717, 1.165) is 12.8 Å². The summed E-state index contributed by atoms with van der Waals surface area (Å²) in [4.78, 5) is 12.4. The van der Waals surface area contributed by atoms with Crippen molar-refractivity contribution in [3.8, 4) is 5.75 Å². The van der Waals surface area contributed by atoms with Crippen LogP contribution in [0.25, 0.3) is 0 Å². The van der Waals surface area contributed by atoms with Crippen LogP contribution in [0.2, 0.25) is 0 Å². The van der Waals surface area contributed by atoms with E-state index in [1.807, 2.05) is 4.90 Å². The Kier molecular flexibility index (Phi) is 4.15. The molecular formula is C13H16FNO3. The van der Waals surface area contributed by atoms with Crippen LogP contribution >= 0.6 is 0 Å². The summed E-state index contributed by atoms with van der Waals surface area (Å²) in [5.74, 6) is -0.900. The molecule has 0 radical (unpaired) electrons. The molecule has 0 aromatic heterocycles. The summed E-state index contributed by atoms with van der Waals surface area (Å²) in [6.07, 6.45) is 1.41. The maximum absolute atomic E-state index is 13.4. The first kappa shape index (κ1) is 12.8. The van der Waals surface area contributed by atoms with Gasteiger partial charge in [-0.25, -0.2) is 4.39 Å². The third-order valence-corrected chi connectivity index (χ3v) is 3.02. The first-order chi connectivity index (χ1) is 8.65. The van der Waals surface area contributed by atoms with Crippen LogP contribution in [0.3, 0.4) is 0 Å². The minimum absolute atomic E-state index is 0.0352. The zero-order valence-corrected chi connectivity index (χ0v) is 10.0. The van der Waals surface area contributed by atoms with Crippen LogP contribution in [0.15, 0.2) is 24.3 Å². The molecule has 98 valence electrons. The third kappa shape index (κ3) is 3.43. The van der Waals surface area contributed by atoms with E-state index in [-0.39, 0.29) is 24.2 Å². The number of piperidine rings is 1. The normalized spacial score (nSPS) is 17.6. The second-order valence-electron chi connectivity index (χ2n) is 4.42. The molecule has 4 nitrogen and oxygen atoms in total. The number of ether oxygens (including phenoxy) is 1. The molecule has 0 saturated carbocycles. The highest BCUT2D eigenvalue weighted by atomic mass is 19.1. The van der Waals surface area contributed by atoms with Gasteiger partial charge in [0.2, 0.25) is 0 Å². The van der Waals surface area contributed by atoms with Gasteiger partial charge in [-0.05, 0) is 25.0 Å². The van der Waals surface area contributed by atoms with Gasteiger partial charge in [0.05, 0.1) is 6.54 Å². The van der Waals surface area contributed by atoms with Gasteiger partial charge >= 0.3 is 5.97 Å². The van der Waals surface area contributed by atoms with Crippen molar-refractivity contribution in [1.82, 2.24) is 4.90 Å². The topological polar surface area (TPSA) is 49.8 Å². The van der Waals surface area contributed by atoms with Crippen molar-refractivity contribution in [3.05, 3.63) is 30.1 Å². The zero-order valence-electron chi connectivity index (χ0n) is 10.0.